The van der Waals surface area contributed by atoms with Crippen molar-refractivity contribution in [2.24, 2.45) is 5.90 Å². The van der Waals surface area contributed by atoms with E-state index in [2.05, 4.69) is 23.6 Å². The predicted molar refractivity (Wildman–Crippen MR) is 42.5 cm³/mol. The van der Waals surface area contributed by atoms with Crippen molar-refractivity contribution in [1.29, 1.82) is 0 Å². The van der Waals surface area contributed by atoms with Crippen molar-refractivity contribution in [3.8, 4) is 0 Å². The van der Waals surface area contributed by atoms with Crippen LogP contribution in [0.25, 0.3) is 0 Å². The van der Waals surface area contributed by atoms with Crippen molar-refractivity contribution in [3.05, 3.63) is 0 Å². The van der Waals surface area contributed by atoms with Gasteiger partial charge in [-0.15, -0.1) is 0 Å². The largest absolute Gasteiger partial charge is 0.305 e. The van der Waals surface area contributed by atoms with Gasteiger partial charge in [0.15, 0.2) is 0 Å². The Hall–Kier alpha value is -0.120. The van der Waals surface area contributed by atoms with Gasteiger partial charge in [0.05, 0.1) is 6.61 Å². The first kappa shape index (κ1) is 9.88. The molecule has 0 amide bonds. The first-order valence-electron chi connectivity index (χ1n) is 3.89. The summed E-state index contributed by atoms with van der Waals surface area (Å²) in [6, 6.07) is 0. The van der Waals surface area contributed by atoms with Gasteiger partial charge in [-0.3, -0.25) is 0 Å². The lowest BCUT2D eigenvalue weighted by Crippen LogP contribution is -2.25. The van der Waals surface area contributed by atoms with Gasteiger partial charge in [-0.05, 0) is 19.5 Å². The smallest absolute Gasteiger partial charge is 0.0691 e. The Labute approximate surface area is 63.1 Å². The van der Waals surface area contributed by atoms with Gasteiger partial charge in [-0.25, -0.2) is 5.90 Å². The van der Waals surface area contributed by atoms with Crippen molar-refractivity contribution in [1.82, 2.24) is 4.90 Å². The lowest BCUT2D eigenvalue weighted by Gasteiger charge is -2.16. The zero-order valence-electron chi connectivity index (χ0n) is 6.97. The van der Waals surface area contributed by atoms with Crippen LogP contribution in [-0.2, 0) is 4.84 Å². The number of hydrogen-bond acceptors (Lipinski definition) is 3. The van der Waals surface area contributed by atoms with Crippen LogP contribution >= 0.6 is 0 Å². The lowest BCUT2D eigenvalue weighted by atomic mass is 10.4. The second kappa shape index (κ2) is 6.99. The van der Waals surface area contributed by atoms with E-state index in [0.29, 0.717) is 6.61 Å². The monoisotopic (exact) mass is 146 g/mol. The molecule has 0 heterocycles. The minimum atomic E-state index is 0.663. The third-order valence-electron chi connectivity index (χ3n) is 1.63. The van der Waals surface area contributed by atoms with Crippen LogP contribution in [-0.4, -0.2) is 31.1 Å². The van der Waals surface area contributed by atoms with E-state index in [1.54, 1.807) is 0 Å². The maximum atomic E-state index is 4.88. The van der Waals surface area contributed by atoms with E-state index in [4.69, 9.17) is 5.90 Å². The Morgan fingerprint density at radius 2 is 1.90 bits per heavy atom. The molecule has 0 rings (SSSR count). The van der Waals surface area contributed by atoms with Crippen molar-refractivity contribution in [2.45, 2.75) is 20.3 Å². The maximum absolute atomic E-state index is 4.88. The summed E-state index contributed by atoms with van der Waals surface area (Å²) in [7, 11) is 0. The molecule has 0 aromatic rings. The molecule has 3 nitrogen and oxygen atoms in total. The fourth-order valence-corrected chi connectivity index (χ4v) is 0.911. The molecule has 0 aromatic heterocycles. The van der Waals surface area contributed by atoms with Gasteiger partial charge in [0.1, 0.15) is 0 Å². The van der Waals surface area contributed by atoms with E-state index in [0.717, 1.165) is 26.1 Å². The normalized spacial score (nSPS) is 10.8. The summed E-state index contributed by atoms with van der Waals surface area (Å²) in [6.07, 6.45) is 1.03. The van der Waals surface area contributed by atoms with E-state index in [1.807, 2.05) is 0 Å². The van der Waals surface area contributed by atoms with Crippen molar-refractivity contribution in [3.63, 3.8) is 0 Å². The first-order chi connectivity index (χ1) is 4.85. The molecular weight excluding hydrogens is 128 g/mol. The summed E-state index contributed by atoms with van der Waals surface area (Å²) in [5, 5.41) is 0. The third-order valence-corrected chi connectivity index (χ3v) is 1.63. The molecule has 0 aliphatic carbocycles. The van der Waals surface area contributed by atoms with Gasteiger partial charge in [0.2, 0.25) is 0 Å². The highest BCUT2D eigenvalue weighted by molar-refractivity contribution is 4.50. The predicted octanol–water partition coefficient (Wildman–Crippen LogP) is 0.609. The molecule has 0 aliphatic heterocycles. The van der Waals surface area contributed by atoms with Crippen LogP contribution in [0.5, 0.6) is 0 Å². The Kier molecular flexibility index (Phi) is 6.91. The maximum Gasteiger partial charge on any atom is 0.0691 e. The van der Waals surface area contributed by atoms with Crippen molar-refractivity contribution in [2.75, 3.05) is 26.2 Å². The molecule has 10 heavy (non-hydrogen) atoms. The van der Waals surface area contributed by atoms with Gasteiger partial charge < -0.3 is 9.74 Å². The lowest BCUT2D eigenvalue weighted by molar-refractivity contribution is 0.125. The molecule has 0 saturated heterocycles. The van der Waals surface area contributed by atoms with Gasteiger partial charge in [-0.2, -0.15) is 0 Å². The van der Waals surface area contributed by atoms with E-state index in [1.165, 1.54) is 0 Å². The topological polar surface area (TPSA) is 38.5 Å². The fourth-order valence-electron chi connectivity index (χ4n) is 0.911. The molecule has 0 saturated carbocycles. The van der Waals surface area contributed by atoms with E-state index >= 15 is 0 Å². The number of rotatable bonds is 6. The molecule has 0 unspecified atom stereocenters. The molecule has 2 N–H and O–H groups in total. The molecular formula is C7H18N2O. The average Bonchev–Trinajstić information content (AvgIpc) is 1.99. The summed E-state index contributed by atoms with van der Waals surface area (Å²) in [6.45, 7) is 8.29. The second-order valence-corrected chi connectivity index (χ2v) is 2.25. The second-order valence-electron chi connectivity index (χ2n) is 2.25. The molecule has 0 spiro atoms. The van der Waals surface area contributed by atoms with Crippen LogP contribution in [0.1, 0.15) is 20.3 Å². The number of nitrogens with two attached hydrogens (primary N) is 1. The van der Waals surface area contributed by atoms with Crippen LogP contribution in [0.4, 0.5) is 0 Å². The Morgan fingerprint density at radius 1 is 1.30 bits per heavy atom. The van der Waals surface area contributed by atoms with E-state index in [-0.39, 0.29) is 0 Å². The Morgan fingerprint density at radius 3 is 2.30 bits per heavy atom. The third kappa shape index (κ3) is 4.73. The molecule has 0 aromatic carbocycles. The van der Waals surface area contributed by atoms with Gasteiger partial charge in [-0.1, -0.05) is 13.8 Å². The van der Waals surface area contributed by atoms with Crippen LogP contribution in [0.15, 0.2) is 0 Å². The highest BCUT2D eigenvalue weighted by Gasteiger charge is 1.96. The highest BCUT2D eigenvalue weighted by Crippen LogP contribution is 1.89. The molecule has 3 heteroatoms. The highest BCUT2D eigenvalue weighted by atomic mass is 16.6. The van der Waals surface area contributed by atoms with Crippen LogP contribution in [0.3, 0.4) is 0 Å². The fraction of sp³-hybridized carbons (Fsp3) is 1.00. The molecule has 0 fully saturated rings. The summed E-state index contributed by atoms with van der Waals surface area (Å²) in [5.74, 6) is 4.88. The number of hydrogen-bond donors (Lipinski definition) is 1. The molecule has 0 aliphatic rings. The van der Waals surface area contributed by atoms with Gasteiger partial charge >= 0.3 is 0 Å². The summed E-state index contributed by atoms with van der Waals surface area (Å²) >= 11 is 0. The quantitative estimate of drug-likeness (QED) is 0.441. The average molecular weight is 146 g/mol. The van der Waals surface area contributed by atoms with Crippen LogP contribution in [0.2, 0.25) is 0 Å². The van der Waals surface area contributed by atoms with Gasteiger partial charge in [0, 0.05) is 6.54 Å². The SMILES string of the molecule is CCN(CC)CCCON. The van der Waals surface area contributed by atoms with Crippen LogP contribution < -0.4 is 5.90 Å². The zero-order chi connectivity index (χ0) is 7.82. The van der Waals surface area contributed by atoms with Crippen molar-refractivity contribution < 1.29 is 4.84 Å². The standard InChI is InChI=1S/C7H18N2O/c1-3-9(4-2)6-5-7-10-8/h3-8H2,1-2H3. The van der Waals surface area contributed by atoms with Crippen LogP contribution in [0, 0.1) is 0 Å². The van der Waals surface area contributed by atoms with Gasteiger partial charge in [0.25, 0.3) is 0 Å². The number of nitrogens with zero attached hydrogens (tertiary/aromatic N) is 1. The summed E-state index contributed by atoms with van der Waals surface area (Å²) in [5.41, 5.74) is 0. The zero-order valence-corrected chi connectivity index (χ0v) is 6.97. The minimum absolute atomic E-state index is 0.663. The molecule has 0 radical (unpaired) electrons. The van der Waals surface area contributed by atoms with E-state index in [9.17, 15) is 0 Å². The Bertz CT molecular complexity index is 64.6. The summed E-state index contributed by atoms with van der Waals surface area (Å²) in [4.78, 5) is 6.80. The molecule has 62 valence electrons. The van der Waals surface area contributed by atoms with Crippen molar-refractivity contribution >= 4 is 0 Å². The Balaban J connectivity index is 3.09. The molecule has 0 atom stereocenters. The van der Waals surface area contributed by atoms with E-state index < -0.39 is 0 Å². The molecule has 0 bridgehead atoms. The minimum Gasteiger partial charge on any atom is -0.305 e. The summed E-state index contributed by atoms with van der Waals surface area (Å²) < 4.78 is 0. The first-order valence-corrected chi connectivity index (χ1v) is 3.89.